The number of hydrogen-bond donors (Lipinski definition) is 1. The molecule has 118 valence electrons. The van der Waals surface area contributed by atoms with E-state index in [4.69, 9.17) is 5.73 Å². The fourth-order valence-corrected chi connectivity index (χ4v) is 4.19. The smallest absolute Gasteiger partial charge is 0.391 e. The van der Waals surface area contributed by atoms with E-state index < -0.39 is 22.1 Å². The maximum atomic E-state index is 12.6. The van der Waals surface area contributed by atoms with E-state index in [0.29, 0.717) is 11.3 Å². The van der Waals surface area contributed by atoms with Gasteiger partial charge in [-0.25, -0.2) is 8.42 Å². The molecular weight excluding hydrogens is 305 g/mol. The molecule has 1 aromatic carbocycles. The van der Waals surface area contributed by atoms with Crippen LogP contribution in [0.5, 0.6) is 0 Å². The van der Waals surface area contributed by atoms with E-state index >= 15 is 0 Å². The van der Waals surface area contributed by atoms with Crippen LogP contribution < -0.4 is 5.73 Å². The monoisotopic (exact) mass is 322 g/mol. The molecule has 1 heterocycles. The zero-order valence-electron chi connectivity index (χ0n) is 11.5. The molecule has 0 spiro atoms. The molecule has 0 aromatic heterocycles. The van der Waals surface area contributed by atoms with E-state index in [1.54, 1.807) is 19.1 Å². The molecule has 0 atom stereocenters. The van der Waals surface area contributed by atoms with Gasteiger partial charge in [-0.1, -0.05) is 6.07 Å². The highest BCUT2D eigenvalue weighted by Crippen LogP contribution is 2.35. The zero-order chi connectivity index (χ0) is 15.8. The molecule has 0 radical (unpaired) electrons. The Kier molecular flexibility index (Phi) is 4.21. The Morgan fingerprint density at radius 2 is 1.81 bits per heavy atom. The van der Waals surface area contributed by atoms with Crippen LogP contribution in [-0.4, -0.2) is 32.0 Å². The van der Waals surface area contributed by atoms with Crippen LogP contribution >= 0.6 is 0 Å². The van der Waals surface area contributed by atoms with Crippen LogP contribution in [0.4, 0.5) is 18.9 Å². The number of piperidine rings is 1. The number of rotatable bonds is 2. The Hall–Kier alpha value is -1.28. The van der Waals surface area contributed by atoms with Crippen LogP contribution in [0.25, 0.3) is 0 Å². The lowest BCUT2D eigenvalue weighted by molar-refractivity contribution is -0.182. The van der Waals surface area contributed by atoms with Crippen LogP contribution in [0.2, 0.25) is 0 Å². The van der Waals surface area contributed by atoms with Crippen LogP contribution in [0.1, 0.15) is 18.4 Å². The molecule has 2 N–H and O–H groups in total. The Balaban J connectivity index is 2.21. The van der Waals surface area contributed by atoms with Crippen molar-refractivity contribution >= 4 is 15.7 Å². The molecule has 21 heavy (non-hydrogen) atoms. The average molecular weight is 322 g/mol. The first kappa shape index (κ1) is 16.1. The number of sulfonamides is 1. The number of aryl methyl sites for hydroxylation is 1. The van der Waals surface area contributed by atoms with Crippen molar-refractivity contribution in [3.8, 4) is 0 Å². The zero-order valence-corrected chi connectivity index (χ0v) is 12.3. The van der Waals surface area contributed by atoms with Gasteiger partial charge in [0.25, 0.3) is 0 Å². The van der Waals surface area contributed by atoms with Crippen molar-refractivity contribution in [1.29, 1.82) is 0 Å². The molecule has 1 fully saturated rings. The standard InChI is InChI=1S/C13H17F3N2O2S/c1-9-2-3-11(17)8-12(9)21(19,20)18-6-4-10(5-7-18)13(14,15)16/h2-3,8,10H,4-7,17H2,1H3. The third-order valence-corrected chi connectivity index (χ3v) is 5.79. The van der Waals surface area contributed by atoms with Crippen molar-refractivity contribution in [1.82, 2.24) is 4.31 Å². The summed E-state index contributed by atoms with van der Waals surface area (Å²) in [5, 5.41) is 0. The van der Waals surface area contributed by atoms with Gasteiger partial charge in [-0.15, -0.1) is 0 Å². The lowest BCUT2D eigenvalue weighted by Crippen LogP contribution is -2.42. The number of anilines is 1. The fraction of sp³-hybridized carbons (Fsp3) is 0.538. The summed E-state index contributed by atoms with van der Waals surface area (Å²) in [5.41, 5.74) is 6.44. The molecule has 2 rings (SSSR count). The molecule has 1 aliphatic rings. The van der Waals surface area contributed by atoms with Crippen LogP contribution in [-0.2, 0) is 10.0 Å². The molecule has 1 aromatic rings. The first-order valence-corrected chi connectivity index (χ1v) is 7.99. The maximum absolute atomic E-state index is 12.6. The Morgan fingerprint density at radius 3 is 2.33 bits per heavy atom. The molecule has 1 aliphatic heterocycles. The van der Waals surface area contributed by atoms with Gasteiger partial charge in [0.2, 0.25) is 10.0 Å². The van der Waals surface area contributed by atoms with Crippen molar-refractivity contribution < 1.29 is 21.6 Å². The second-order valence-electron chi connectivity index (χ2n) is 5.24. The summed E-state index contributed by atoms with van der Waals surface area (Å²) >= 11 is 0. The Labute approximate surface area is 121 Å². The lowest BCUT2D eigenvalue weighted by Gasteiger charge is -2.32. The van der Waals surface area contributed by atoms with Gasteiger partial charge in [-0.05, 0) is 37.5 Å². The minimum absolute atomic E-state index is 0.0629. The van der Waals surface area contributed by atoms with E-state index in [0.717, 1.165) is 4.31 Å². The van der Waals surface area contributed by atoms with E-state index in [1.165, 1.54) is 6.07 Å². The molecule has 0 bridgehead atoms. The third-order valence-electron chi connectivity index (χ3n) is 3.75. The Bertz CT molecular complexity index is 621. The van der Waals surface area contributed by atoms with Crippen LogP contribution in [0, 0.1) is 12.8 Å². The summed E-state index contributed by atoms with van der Waals surface area (Å²) in [6, 6.07) is 4.52. The summed E-state index contributed by atoms with van der Waals surface area (Å²) in [6.45, 7) is 1.39. The summed E-state index contributed by atoms with van der Waals surface area (Å²) in [5.74, 6) is -1.43. The van der Waals surface area contributed by atoms with Gasteiger partial charge in [0.05, 0.1) is 10.8 Å². The Morgan fingerprint density at radius 1 is 1.24 bits per heavy atom. The number of nitrogens with zero attached hydrogens (tertiary/aromatic N) is 1. The molecule has 1 saturated heterocycles. The van der Waals surface area contributed by atoms with Gasteiger partial charge < -0.3 is 5.73 Å². The number of halogens is 3. The number of alkyl halides is 3. The summed E-state index contributed by atoms with van der Waals surface area (Å²) in [4.78, 5) is 0.0629. The molecular formula is C13H17F3N2O2S. The highest BCUT2D eigenvalue weighted by Gasteiger charge is 2.43. The second kappa shape index (κ2) is 5.49. The topological polar surface area (TPSA) is 63.4 Å². The number of nitrogen functional groups attached to an aromatic ring is 1. The van der Waals surface area contributed by atoms with Crippen LogP contribution in [0.15, 0.2) is 23.1 Å². The summed E-state index contributed by atoms with van der Waals surface area (Å²) in [6.07, 6.45) is -4.67. The maximum Gasteiger partial charge on any atom is 0.391 e. The van der Waals surface area contributed by atoms with Gasteiger partial charge in [0.15, 0.2) is 0 Å². The largest absolute Gasteiger partial charge is 0.399 e. The van der Waals surface area contributed by atoms with E-state index in [9.17, 15) is 21.6 Å². The van der Waals surface area contributed by atoms with E-state index in [1.807, 2.05) is 0 Å². The SMILES string of the molecule is Cc1ccc(N)cc1S(=O)(=O)N1CCC(C(F)(F)F)CC1. The normalized spacial score (nSPS) is 18.9. The van der Waals surface area contributed by atoms with Crippen molar-refractivity contribution in [3.05, 3.63) is 23.8 Å². The van der Waals surface area contributed by atoms with Crippen LogP contribution in [0.3, 0.4) is 0 Å². The summed E-state index contributed by atoms with van der Waals surface area (Å²) in [7, 11) is -3.80. The van der Waals surface area contributed by atoms with Gasteiger partial charge in [-0.2, -0.15) is 17.5 Å². The molecule has 0 saturated carbocycles. The lowest BCUT2D eigenvalue weighted by atomic mass is 9.98. The predicted molar refractivity (Wildman–Crippen MR) is 73.1 cm³/mol. The predicted octanol–water partition coefficient (Wildman–Crippen LogP) is 2.54. The minimum Gasteiger partial charge on any atom is -0.399 e. The molecule has 0 unspecified atom stereocenters. The number of nitrogens with two attached hydrogens (primary N) is 1. The van der Waals surface area contributed by atoms with Gasteiger partial charge in [-0.3, -0.25) is 0 Å². The van der Waals surface area contributed by atoms with Gasteiger partial charge in [0, 0.05) is 18.8 Å². The number of hydrogen-bond acceptors (Lipinski definition) is 3. The fourth-order valence-electron chi connectivity index (χ4n) is 2.46. The highest BCUT2D eigenvalue weighted by atomic mass is 32.2. The minimum atomic E-state index is -4.26. The molecule has 0 amide bonds. The van der Waals surface area contributed by atoms with Crippen molar-refractivity contribution in [3.63, 3.8) is 0 Å². The highest BCUT2D eigenvalue weighted by molar-refractivity contribution is 7.89. The van der Waals surface area contributed by atoms with Crippen molar-refractivity contribution in [2.24, 2.45) is 5.92 Å². The van der Waals surface area contributed by atoms with E-state index in [-0.39, 0.29) is 30.8 Å². The first-order valence-electron chi connectivity index (χ1n) is 6.55. The molecule has 8 heteroatoms. The first-order chi connectivity index (χ1) is 9.62. The van der Waals surface area contributed by atoms with E-state index in [2.05, 4.69) is 0 Å². The van der Waals surface area contributed by atoms with Crippen molar-refractivity contribution in [2.75, 3.05) is 18.8 Å². The van der Waals surface area contributed by atoms with Gasteiger partial charge >= 0.3 is 6.18 Å². The number of benzene rings is 1. The quantitative estimate of drug-likeness (QED) is 0.851. The third kappa shape index (κ3) is 3.32. The van der Waals surface area contributed by atoms with Gasteiger partial charge in [0.1, 0.15) is 0 Å². The second-order valence-corrected chi connectivity index (χ2v) is 7.15. The van der Waals surface area contributed by atoms with Crippen molar-refractivity contribution in [2.45, 2.75) is 30.8 Å². The summed E-state index contributed by atoms with van der Waals surface area (Å²) < 4.78 is 64.0. The molecule has 0 aliphatic carbocycles. The molecule has 4 nitrogen and oxygen atoms in total. The average Bonchev–Trinajstić information content (AvgIpc) is 2.40.